The fraction of sp³-hybridized carbons (Fsp3) is 0.353. The second-order valence-corrected chi connectivity index (χ2v) is 6.58. The maximum atomic E-state index is 12.5. The van der Waals surface area contributed by atoms with Crippen LogP contribution >= 0.6 is 11.3 Å². The average molecular weight is 362 g/mol. The Labute approximate surface area is 147 Å². The van der Waals surface area contributed by atoms with Gasteiger partial charge in [0.25, 0.3) is 5.56 Å². The summed E-state index contributed by atoms with van der Waals surface area (Å²) < 4.78 is 17.5. The molecule has 2 aromatic rings. The van der Waals surface area contributed by atoms with E-state index in [2.05, 4.69) is 4.99 Å². The third kappa shape index (κ3) is 3.05. The van der Waals surface area contributed by atoms with E-state index in [-0.39, 0.29) is 23.9 Å². The standard InChI is InChI=1S/C17H18N2O5S/c1-9-5-14(20)19-16(21)13(25-17(19)18-9)8-10-6-11(22-2)15(24-4)12(7-10)23-3/h6-9H,5H2,1-4H3/b13-8+/t9-/m0/s1. The van der Waals surface area contributed by atoms with Crippen molar-refractivity contribution < 1.29 is 19.0 Å². The number of thiazole rings is 1. The van der Waals surface area contributed by atoms with Crippen LogP contribution in [0.1, 0.15) is 23.7 Å². The van der Waals surface area contributed by atoms with Gasteiger partial charge in [0, 0.05) is 6.42 Å². The minimum atomic E-state index is -0.352. The van der Waals surface area contributed by atoms with E-state index in [4.69, 9.17) is 14.2 Å². The van der Waals surface area contributed by atoms with Crippen LogP contribution in [-0.4, -0.2) is 37.8 Å². The lowest BCUT2D eigenvalue weighted by atomic mass is 10.1. The van der Waals surface area contributed by atoms with E-state index in [1.807, 2.05) is 6.92 Å². The summed E-state index contributed by atoms with van der Waals surface area (Å²) in [6, 6.07) is 3.37. The number of hydrogen-bond acceptors (Lipinski definition) is 7. The number of methoxy groups -OCH3 is 3. The van der Waals surface area contributed by atoms with Crippen LogP contribution in [0.5, 0.6) is 17.2 Å². The molecule has 3 rings (SSSR count). The number of ether oxygens (including phenoxy) is 3. The second kappa shape index (κ2) is 6.72. The molecule has 1 aromatic heterocycles. The fourth-order valence-corrected chi connectivity index (χ4v) is 3.77. The van der Waals surface area contributed by atoms with Crippen LogP contribution in [0.2, 0.25) is 0 Å². The van der Waals surface area contributed by atoms with Crippen LogP contribution in [0.4, 0.5) is 0 Å². The molecule has 0 saturated heterocycles. The number of nitrogens with zero attached hydrogens (tertiary/aromatic N) is 2. The maximum Gasteiger partial charge on any atom is 0.277 e. The van der Waals surface area contributed by atoms with E-state index in [0.29, 0.717) is 32.1 Å². The zero-order valence-corrected chi connectivity index (χ0v) is 15.2. The van der Waals surface area contributed by atoms with Crippen molar-refractivity contribution in [1.29, 1.82) is 0 Å². The van der Waals surface area contributed by atoms with Crippen LogP contribution < -0.4 is 29.1 Å². The minimum absolute atomic E-state index is 0.112. The molecule has 0 N–H and O–H groups in total. The third-order valence-electron chi connectivity index (χ3n) is 3.84. The first-order chi connectivity index (χ1) is 12.0. The Kier molecular flexibility index (Phi) is 4.63. The minimum Gasteiger partial charge on any atom is -0.493 e. The Morgan fingerprint density at radius 3 is 2.36 bits per heavy atom. The number of fused-ring (bicyclic) bond motifs is 1. The third-order valence-corrected chi connectivity index (χ3v) is 4.82. The van der Waals surface area contributed by atoms with E-state index in [1.165, 1.54) is 32.7 Å². The number of benzene rings is 1. The molecule has 8 heteroatoms. The van der Waals surface area contributed by atoms with Crippen molar-refractivity contribution in [3.8, 4) is 17.2 Å². The molecule has 0 fully saturated rings. The molecule has 0 unspecified atom stereocenters. The SMILES string of the molecule is COc1cc(/C=c2/sc3n(c2=O)C(=O)C[C@H](C)N=3)cc(OC)c1OC. The molecule has 0 saturated carbocycles. The van der Waals surface area contributed by atoms with Crippen LogP contribution in [0.25, 0.3) is 6.08 Å². The van der Waals surface area contributed by atoms with Crippen LogP contribution in [0.15, 0.2) is 21.9 Å². The van der Waals surface area contributed by atoms with Crippen LogP contribution in [-0.2, 0) is 0 Å². The molecule has 1 aliphatic rings. The zero-order chi connectivity index (χ0) is 18.1. The largest absolute Gasteiger partial charge is 0.493 e. The summed E-state index contributed by atoms with van der Waals surface area (Å²) in [5, 5.41) is 0. The topological polar surface area (TPSA) is 79.1 Å². The highest BCUT2D eigenvalue weighted by Crippen LogP contribution is 2.38. The summed E-state index contributed by atoms with van der Waals surface area (Å²) >= 11 is 1.20. The van der Waals surface area contributed by atoms with E-state index in [1.54, 1.807) is 18.2 Å². The molecule has 0 spiro atoms. The molecule has 7 nitrogen and oxygen atoms in total. The molecule has 0 radical (unpaired) electrons. The monoisotopic (exact) mass is 362 g/mol. The Balaban J connectivity index is 2.21. The molecule has 1 aliphatic heterocycles. The summed E-state index contributed by atoms with van der Waals surface area (Å²) in [4.78, 5) is 29.5. The van der Waals surface area contributed by atoms with Gasteiger partial charge < -0.3 is 14.2 Å². The highest BCUT2D eigenvalue weighted by molar-refractivity contribution is 7.07. The first kappa shape index (κ1) is 17.2. The van der Waals surface area contributed by atoms with Crippen LogP contribution in [0, 0.1) is 0 Å². The van der Waals surface area contributed by atoms with Gasteiger partial charge in [0.05, 0.1) is 31.9 Å². The predicted molar refractivity (Wildman–Crippen MR) is 93.7 cm³/mol. The lowest BCUT2D eigenvalue weighted by Crippen LogP contribution is -2.40. The highest BCUT2D eigenvalue weighted by Gasteiger charge is 2.21. The quantitative estimate of drug-likeness (QED) is 0.804. The van der Waals surface area contributed by atoms with Crippen molar-refractivity contribution in [1.82, 2.24) is 4.57 Å². The van der Waals surface area contributed by atoms with Gasteiger partial charge in [0.2, 0.25) is 11.7 Å². The molecule has 132 valence electrons. The maximum absolute atomic E-state index is 12.5. The summed E-state index contributed by atoms with van der Waals surface area (Å²) in [6.45, 7) is 1.86. The van der Waals surface area contributed by atoms with Crippen molar-refractivity contribution in [2.24, 2.45) is 4.99 Å². The van der Waals surface area contributed by atoms with Gasteiger partial charge in [-0.25, -0.2) is 4.57 Å². The Morgan fingerprint density at radius 1 is 1.16 bits per heavy atom. The molecule has 0 aliphatic carbocycles. The highest BCUT2D eigenvalue weighted by atomic mass is 32.1. The van der Waals surface area contributed by atoms with Gasteiger partial charge in [-0.15, -0.1) is 0 Å². The van der Waals surface area contributed by atoms with Gasteiger partial charge in [-0.05, 0) is 30.7 Å². The smallest absolute Gasteiger partial charge is 0.277 e. The summed E-state index contributed by atoms with van der Waals surface area (Å²) in [5.74, 6) is 1.24. The van der Waals surface area contributed by atoms with Gasteiger partial charge >= 0.3 is 0 Å². The van der Waals surface area contributed by atoms with Gasteiger partial charge in [0.1, 0.15) is 0 Å². The summed E-state index contributed by atoms with van der Waals surface area (Å²) in [6.07, 6.45) is 1.93. The number of hydrogen-bond donors (Lipinski definition) is 0. The molecule has 0 bridgehead atoms. The zero-order valence-electron chi connectivity index (χ0n) is 14.4. The molecule has 1 atom stereocenters. The fourth-order valence-electron chi connectivity index (χ4n) is 2.69. The van der Waals surface area contributed by atoms with Gasteiger partial charge in [-0.3, -0.25) is 14.6 Å². The van der Waals surface area contributed by atoms with Crippen molar-refractivity contribution >= 4 is 23.3 Å². The molecule has 0 amide bonds. The summed E-state index contributed by atoms with van der Waals surface area (Å²) in [7, 11) is 4.58. The molecular weight excluding hydrogens is 344 g/mol. The second-order valence-electron chi connectivity index (χ2n) is 5.57. The van der Waals surface area contributed by atoms with Crippen molar-refractivity contribution in [2.75, 3.05) is 21.3 Å². The lowest BCUT2D eigenvalue weighted by molar-refractivity contribution is 0.0877. The van der Waals surface area contributed by atoms with Gasteiger partial charge in [-0.1, -0.05) is 11.3 Å². The molecule has 1 aromatic carbocycles. The number of carbonyl (C=O) groups is 1. The predicted octanol–water partition coefficient (Wildman–Crippen LogP) is 0.816. The Morgan fingerprint density at radius 2 is 1.80 bits per heavy atom. The first-order valence-electron chi connectivity index (χ1n) is 7.63. The average Bonchev–Trinajstić information content (AvgIpc) is 2.89. The van der Waals surface area contributed by atoms with E-state index >= 15 is 0 Å². The first-order valence-corrected chi connectivity index (χ1v) is 8.44. The van der Waals surface area contributed by atoms with Crippen LogP contribution in [0.3, 0.4) is 0 Å². The Hall–Kier alpha value is -2.61. The molecular formula is C17H18N2O5S. The number of carbonyl (C=O) groups excluding carboxylic acids is 1. The molecule has 25 heavy (non-hydrogen) atoms. The van der Waals surface area contributed by atoms with Gasteiger partial charge in [0.15, 0.2) is 16.3 Å². The van der Waals surface area contributed by atoms with Gasteiger partial charge in [-0.2, -0.15) is 0 Å². The van der Waals surface area contributed by atoms with E-state index in [9.17, 15) is 9.59 Å². The normalized spacial score (nSPS) is 17.0. The molecule has 2 heterocycles. The Bertz CT molecular complexity index is 980. The van der Waals surface area contributed by atoms with Crippen molar-refractivity contribution in [3.63, 3.8) is 0 Å². The van der Waals surface area contributed by atoms with Crippen molar-refractivity contribution in [3.05, 3.63) is 37.4 Å². The lowest BCUT2D eigenvalue weighted by Gasteiger charge is -2.12. The van der Waals surface area contributed by atoms with E-state index < -0.39 is 0 Å². The number of aromatic nitrogens is 1. The van der Waals surface area contributed by atoms with E-state index in [0.717, 1.165) is 4.57 Å². The summed E-state index contributed by atoms with van der Waals surface area (Å²) in [5.41, 5.74) is 0.348. The van der Waals surface area contributed by atoms with Crippen molar-refractivity contribution in [2.45, 2.75) is 19.4 Å². The number of rotatable bonds is 4.